The van der Waals surface area contributed by atoms with Crippen molar-refractivity contribution in [2.24, 2.45) is 5.92 Å². The van der Waals surface area contributed by atoms with E-state index in [1.807, 2.05) is 19.2 Å². The van der Waals surface area contributed by atoms with Gasteiger partial charge in [-0.1, -0.05) is 23.5 Å². The highest BCUT2D eigenvalue weighted by Gasteiger charge is 2.22. The van der Waals surface area contributed by atoms with Crippen molar-refractivity contribution in [1.82, 2.24) is 4.98 Å². The zero-order valence-electron chi connectivity index (χ0n) is 12.0. The van der Waals surface area contributed by atoms with Crippen LogP contribution in [0.3, 0.4) is 0 Å². The molecule has 0 radical (unpaired) electrons. The molecule has 3 rings (SSSR count). The zero-order chi connectivity index (χ0) is 14.8. The second-order valence-corrected chi connectivity index (χ2v) is 6.47. The lowest BCUT2D eigenvalue weighted by Gasteiger charge is -2.31. The number of anilines is 1. The first kappa shape index (κ1) is 14.2. The third-order valence-electron chi connectivity index (χ3n) is 3.98. The van der Waals surface area contributed by atoms with Crippen molar-refractivity contribution in [2.75, 3.05) is 18.0 Å². The summed E-state index contributed by atoms with van der Waals surface area (Å²) in [6.07, 6.45) is 3.86. The molecule has 1 aromatic carbocycles. The van der Waals surface area contributed by atoms with Crippen molar-refractivity contribution >= 4 is 22.2 Å². The predicted octanol–water partition coefficient (Wildman–Crippen LogP) is 4.21. The molecule has 1 aliphatic heterocycles. The molecule has 2 heterocycles. The molecule has 110 valence electrons. The van der Waals surface area contributed by atoms with Gasteiger partial charge in [-0.05, 0) is 43.4 Å². The van der Waals surface area contributed by atoms with Gasteiger partial charge in [0.25, 0.3) is 0 Å². The molecular formula is C16H18FN3S. The van der Waals surface area contributed by atoms with Gasteiger partial charge >= 0.3 is 0 Å². The van der Waals surface area contributed by atoms with E-state index in [1.54, 1.807) is 23.5 Å². The van der Waals surface area contributed by atoms with Gasteiger partial charge in [-0.25, -0.2) is 9.37 Å². The number of piperidine rings is 1. The van der Waals surface area contributed by atoms with Crippen LogP contribution in [0.4, 0.5) is 9.52 Å². The maximum Gasteiger partial charge on any atom is 0.185 e. The highest BCUT2D eigenvalue weighted by atomic mass is 32.1. The normalized spacial score (nSPS) is 16.2. The molecule has 2 aromatic rings. The summed E-state index contributed by atoms with van der Waals surface area (Å²) < 4.78 is 13.3. The minimum Gasteiger partial charge on any atom is -0.348 e. The summed E-state index contributed by atoms with van der Waals surface area (Å²) in [5.74, 6) is 0.202. The van der Waals surface area contributed by atoms with Gasteiger partial charge in [0.2, 0.25) is 0 Å². The number of nitrogens with zero attached hydrogens (tertiary/aromatic N) is 2. The van der Waals surface area contributed by atoms with Crippen molar-refractivity contribution in [3.63, 3.8) is 0 Å². The molecule has 1 N–H and O–H groups in total. The molecule has 1 fully saturated rings. The molecule has 21 heavy (non-hydrogen) atoms. The molecule has 0 spiro atoms. The number of benzene rings is 1. The van der Waals surface area contributed by atoms with E-state index in [0.717, 1.165) is 47.2 Å². The minimum absolute atomic E-state index is 0.218. The Hall–Kier alpha value is -1.75. The van der Waals surface area contributed by atoms with Crippen molar-refractivity contribution < 1.29 is 4.39 Å². The van der Waals surface area contributed by atoms with Crippen LogP contribution in [0.5, 0.6) is 0 Å². The van der Waals surface area contributed by atoms with E-state index in [2.05, 4.69) is 9.88 Å². The molecule has 1 saturated heterocycles. The first-order chi connectivity index (χ1) is 10.1. The molecule has 1 aromatic heterocycles. The standard InChI is InChI=1S/C16H18FN3S/c1-11(18)12-5-7-20(8-6-12)16-19-10-15(21-16)13-3-2-4-14(17)9-13/h2-4,9-10,12,18H,5-8H2,1H3. The molecule has 0 unspecified atom stereocenters. The lowest BCUT2D eigenvalue weighted by Crippen LogP contribution is -2.35. The second kappa shape index (κ2) is 5.93. The van der Waals surface area contributed by atoms with E-state index >= 15 is 0 Å². The summed E-state index contributed by atoms with van der Waals surface area (Å²) in [5.41, 5.74) is 1.67. The van der Waals surface area contributed by atoms with Crippen LogP contribution < -0.4 is 4.90 Å². The van der Waals surface area contributed by atoms with Gasteiger partial charge in [0.05, 0.1) is 4.88 Å². The molecule has 0 bridgehead atoms. The van der Waals surface area contributed by atoms with Crippen LogP contribution in [0.1, 0.15) is 19.8 Å². The molecule has 1 aliphatic rings. The van der Waals surface area contributed by atoms with Crippen LogP contribution in [0.2, 0.25) is 0 Å². The quantitative estimate of drug-likeness (QED) is 0.863. The van der Waals surface area contributed by atoms with E-state index in [-0.39, 0.29) is 5.82 Å². The van der Waals surface area contributed by atoms with E-state index in [9.17, 15) is 4.39 Å². The van der Waals surface area contributed by atoms with Gasteiger partial charge in [-0.2, -0.15) is 0 Å². The van der Waals surface area contributed by atoms with Crippen LogP contribution in [0.25, 0.3) is 10.4 Å². The Morgan fingerprint density at radius 3 is 2.81 bits per heavy atom. The van der Waals surface area contributed by atoms with Crippen LogP contribution in [-0.2, 0) is 0 Å². The highest BCUT2D eigenvalue weighted by Crippen LogP contribution is 2.33. The second-order valence-electron chi connectivity index (χ2n) is 5.46. The van der Waals surface area contributed by atoms with Crippen LogP contribution >= 0.6 is 11.3 Å². The Kier molecular flexibility index (Phi) is 4.01. The predicted molar refractivity (Wildman–Crippen MR) is 85.8 cm³/mol. The molecule has 5 heteroatoms. The maximum atomic E-state index is 13.3. The summed E-state index contributed by atoms with van der Waals surface area (Å²) in [6, 6.07) is 6.63. The Morgan fingerprint density at radius 2 is 2.14 bits per heavy atom. The Labute approximate surface area is 128 Å². The Balaban J connectivity index is 1.73. The summed E-state index contributed by atoms with van der Waals surface area (Å²) in [5, 5.41) is 8.72. The molecule has 3 nitrogen and oxygen atoms in total. The molecule has 0 aliphatic carbocycles. The third-order valence-corrected chi connectivity index (χ3v) is 5.09. The van der Waals surface area contributed by atoms with Crippen LogP contribution in [0.15, 0.2) is 30.5 Å². The molecular weight excluding hydrogens is 285 g/mol. The highest BCUT2D eigenvalue weighted by molar-refractivity contribution is 7.18. The number of hydrogen-bond acceptors (Lipinski definition) is 4. The van der Waals surface area contributed by atoms with Gasteiger partial charge in [0.15, 0.2) is 5.13 Å². The summed E-state index contributed by atoms with van der Waals surface area (Å²) in [7, 11) is 0. The van der Waals surface area contributed by atoms with Crippen molar-refractivity contribution in [3.8, 4) is 10.4 Å². The number of aromatic nitrogens is 1. The smallest absolute Gasteiger partial charge is 0.185 e. The number of rotatable bonds is 3. The first-order valence-corrected chi connectivity index (χ1v) is 7.97. The van der Waals surface area contributed by atoms with E-state index in [0.29, 0.717) is 5.92 Å². The van der Waals surface area contributed by atoms with Crippen molar-refractivity contribution in [1.29, 1.82) is 5.41 Å². The fourth-order valence-electron chi connectivity index (χ4n) is 2.69. The fraction of sp³-hybridized carbons (Fsp3) is 0.375. The van der Waals surface area contributed by atoms with Gasteiger partial charge in [0, 0.05) is 25.0 Å². The lowest BCUT2D eigenvalue weighted by molar-refractivity contribution is 0.499. The lowest BCUT2D eigenvalue weighted by atomic mass is 9.93. The topological polar surface area (TPSA) is 40.0 Å². The number of thiazole rings is 1. The number of hydrogen-bond donors (Lipinski definition) is 1. The largest absolute Gasteiger partial charge is 0.348 e. The Morgan fingerprint density at radius 1 is 1.38 bits per heavy atom. The van der Waals surface area contributed by atoms with Crippen molar-refractivity contribution in [3.05, 3.63) is 36.3 Å². The minimum atomic E-state index is -0.218. The monoisotopic (exact) mass is 303 g/mol. The van der Waals surface area contributed by atoms with Crippen LogP contribution in [0, 0.1) is 17.1 Å². The maximum absolute atomic E-state index is 13.3. The van der Waals surface area contributed by atoms with Gasteiger partial charge < -0.3 is 10.3 Å². The molecule has 0 atom stereocenters. The summed E-state index contributed by atoms with van der Waals surface area (Å²) in [6.45, 7) is 3.78. The zero-order valence-corrected chi connectivity index (χ0v) is 12.8. The SMILES string of the molecule is CC(=N)C1CCN(c2ncc(-c3cccc(F)c3)s2)CC1. The molecule has 0 amide bonds. The average molecular weight is 303 g/mol. The van der Waals surface area contributed by atoms with E-state index < -0.39 is 0 Å². The van der Waals surface area contributed by atoms with E-state index in [4.69, 9.17) is 5.41 Å². The van der Waals surface area contributed by atoms with Crippen LogP contribution in [-0.4, -0.2) is 23.8 Å². The van der Waals surface area contributed by atoms with Crippen molar-refractivity contribution in [2.45, 2.75) is 19.8 Å². The summed E-state index contributed by atoms with van der Waals surface area (Å²) in [4.78, 5) is 7.75. The molecule has 0 saturated carbocycles. The summed E-state index contributed by atoms with van der Waals surface area (Å²) >= 11 is 1.61. The Bertz CT molecular complexity index is 644. The number of nitrogens with one attached hydrogen (secondary N) is 1. The first-order valence-electron chi connectivity index (χ1n) is 7.15. The number of halogens is 1. The fourth-order valence-corrected chi connectivity index (χ4v) is 3.65. The van der Waals surface area contributed by atoms with Gasteiger partial charge in [0.1, 0.15) is 5.82 Å². The average Bonchev–Trinajstić information content (AvgIpc) is 2.97. The third kappa shape index (κ3) is 3.13. The van der Waals surface area contributed by atoms with E-state index in [1.165, 1.54) is 6.07 Å². The van der Waals surface area contributed by atoms with Gasteiger partial charge in [-0.15, -0.1) is 0 Å². The van der Waals surface area contributed by atoms with Gasteiger partial charge in [-0.3, -0.25) is 0 Å².